The van der Waals surface area contributed by atoms with Crippen molar-refractivity contribution in [2.45, 2.75) is 25.4 Å². The van der Waals surface area contributed by atoms with Gasteiger partial charge in [0.25, 0.3) is 0 Å². The summed E-state index contributed by atoms with van der Waals surface area (Å²) in [6, 6.07) is 7.56. The third-order valence-electron chi connectivity index (χ3n) is 4.00. The largest absolute Gasteiger partial charge is 0.394 e. The number of hydrogen-bond acceptors (Lipinski definition) is 3. The Morgan fingerprint density at radius 3 is 2.87 bits per heavy atom. The summed E-state index contributed by atoms with van der Waals surface area (Å²) < 4.78 is 14.6. The van der Waals surface area contributed by atoms with E-state index < -0.39 is 0 Å². The maximum atomic E-state index is 12.9. The van der Waals surface area contributed by atoms with E-state index in [0.29, 0.717) is 18.8 Å². The standard InChI is InChI=1S/C16H19FN4O2/c17-12-3-5-14(6-4-12)21-9-7-13(19-21)10-18-16(23)20-8-1-2-15(20)11-22/h3-7,9,15,22H,1-2,8,10-11H2,(H,18,23)/t15-/m0/s1. The van der Waals surface area contributed by atoms with E-state index in [1.165, 1.54) is 12.1 Å². The van der Waals surface area contributed by atoms with Gasteiger partial charge < -0.3 is 15.3 Å². The van der Waals surface area contributed by atoms with Crippen molar-refractivity contribution in [1.29, 1.82) is 0 Å². The lowest BCUT2D eigenvalue weighted by atomic mass is 10.2. The van der Waals surface area contributed by atoms with Crippen LogP contribution in [0.3, 0.4) is 0 Å². The number of nitrogens with one attached hydrogen (secondary N) is 1. The quantitative estimate of drug-likeness (QED) is 0.901. The number of hydrogen-bond donors (Lipinski definition) is 2. The first kappa shape index (κ1) is 15.5. The van der Waals surface area contributed by atoms with E-state index in [4.69, 9.17) is 0 Å². The van der Waals surface area contributed by atoms with Crippen molar-refractivity contribution in [3.05, 3.63) is 48.0 Å². The molecule has 2 amide bonds. The molecular formula is C16H19FN4O2. The van der Waals surface area contributed by atoms with Crippen LogP contribution < -0.4 is 5.32 Å². The van der Waals surface area contributed by atoms with Crippen molar-refractivity contribution in [3.63, 3.8) is 0 Å². The van der Waals surface area contributed by atoms with E-state index in [9.17, 15) is 14.3 Å². The highest BCUT2D eigenvalue weighted by atomic mass is 19.1. The Balaban J connectivity index is 1.59. The number of rotatable bonds is 4. The number of carbonyl (C=O) groups excluding carboxylic acids is 1. The molecule has 7 heteroatoms. The zero-order valence-electron chi connectivity index (χ0n) is 12.7. The molecule has 2 aromatic rings. The van der Waals surface area contributed by atoms with E-state index in [0.717, 1.165) is 18.5 Å². The van der Waals surface area contributed by atoms with Gasteiger partial charge in [-0.3, -0.25) is 0 Å². The molecule has 3 rings (SSSR count). The van der Waals surface area contributed by atoms with E-state index in [-0.39, 0.29) is 24.5 Å². The summed E-state index contributed by atoms with van der Waals surface area (Å²) in [4.78, 5) is 13.8. The van der Waals surface area contributed by atoms with Crippen LogP contribution in [-0.2, 0) is 6.54 Å². The number of aromatic nitrogens is 2. The summed E-state index contributed by atoms with van der Waals surface area (Å²) in [5.41, 5.74) is 1.46. The minimum atomic E-state index is -0.294. The van der Waals surface area contributed by atoms with Crippen LogP contribution in [-0.4, -0.2) is 45.0 Å². The second kappa shape index (κ2) is 6.78. The minimum absolute atomic E-state index is 0.00733. The normalized spacial score (nSPS) is 17.5. The molecule has 1 saturated heterocycles. The number of aliphatic hydroxyl groups excluding tert-OH is 1. The third-order valence-corrected chi connectivity index (χ3v) is 4.00. The van der Waals surface area contributed by atoms with Crippen LogP contribution in [0.15, 0.2) is 36.5 Å². The van der Waals surface area contributed by atoms with Gasteiger partial charge in [0.05, 0.1) is 30.6 Å². The molecule has 122 valence electrons. The smallest absolute Gasteiger partial charge is 0.318 e. The molecule has 0 spiro atoms. The molecule has 0 radical (unpaired) electrons. The molecule has 1 aliphatic heterocycles. The highest BCUT2D eigenvalue weighted by Gasteiger charge is 2.27. The third kappa shape index (κ3) is 3.50. The molecule has 2 heterocycles. The van der Waals surface area contributed by atoms with Crippen molar-refractivity contribution in [2.24, 2.45) is 0 Å². The maximum absolute atomic E-state index is 12.9. The number of carbonyl (C=O) groups is 1. The van der Waals surface area contributed by atoms with Gasteiger partial charge in [0.1, 0.15) is 5.82 Å². The zero-order chi connectivity index (χ0) is 16.2. The Labute approximate surface area is 133 Å². The Bertz CT molecular complexity index is 671. The van der Waals surface area contributed by atoms with E-state index in [1.807, 2.05) is 0 Å². The number of nitrogens with zero attached hydrogens (tertiary/aromatic N) is 3. The molecule has 6 nitrogen and oxygen atoms in total. The van der Waals surface area contributed by atoms with Gasteiger partial charge in [-0.25, -0.2) is 13.9 Å². The number of amides is 2. The molecule has 1 aliphatic rings. The van der Waals surface area contributed by atoms with Gasteiger partial charge in [-0.05, 0) is 43.2 Å². The lowest BCUT2D eigenvalue weighted by Gasteiger charge is -2.23. The predicted octanol–water partition coefficient (Wildman–Crippen LogP) is 1.68. The van der Waals surface area contributed by atoms with E-state index >= 15 is 0 Å². The zero-order valence-corrected chi connectivity index (χ0v) is 12.7. The Morgan fingerprint density at radius 1 is 1.35 bits per heavy atom. The molecule has 1 aromatic carbocycles. The lowest BCUT2D eigenvalue weighted by molar-refractivity contribution is 0.157. The average molecular weight is 318 g/mol. The Hall–Kier alpha value is -2.41. The van der Waals surface area contributed by atoms with Gasteiger partial charge in [0.15, 0.2) is 0 Å². The van der Waals surface area contributed by atoms with Crippen LogP contribution in [0.25, 0.3) is 5.69 Å². The maximum Gasteiger partial charge on any atom is 0.318 e. The molecule has 0 aliphatic carbocycles. The summed E-state index contributed by atoms with van der Waals surface area (Å²) in [7, 11) is 0. The predicted molar refractivity (Wildman–Crippen MR) is 82.6 cm³/mol. The topological polar surface area (TPSA) is 70.4 Å². The molecule has 1 fully saturated rings. The fraction of sp³-hybridized carbons (Fsp3) is 0.375. The molecule has 1 atom stereocenters. The van der Waals surface area contributed by atoms with Crippen LogP contribution in [0.4, 0.5) is 9.18 Å². The first-order chi connectivity index (χ1) is 11.2. The van der Waals surface area contributed by atoms with Gasteiger partial charge in [-0.1, -0.05) is 0 Å². The highest BCUT2D eigenvalue weighted by Crippen LogP contribution is 2.16. The van der Waals surface area contributed by atoms with Gasteiger partial charge >= 0.3 is 6.03 Å². The van der Waals surface area contributed by atoms with Crippen LogP contribution in [0.2, 0.25) is 0 Å². The Kier molecular flexibility index (Phi) is 4.57. The number of halogens is 1. The lowest BCUT2D eigenvalue weighted by Crippen LogP contribution is -2.43. The first-order valence-electron chi connectivity index (χ1n) is 7.63. The molecule has 0 unspecified atom stereocenters. The van der Waals surface area contributed by atoms with Gasteiger partial charge in [0.2, 0.25) is 0 Å². The molecule has 0 bridgehead atoms. The van der Waals surface area contributed by atoms with Gasteiger partial charge in [-0.15, -0.1) is 0 Å². The molecule has 1 aromatic heterocycles. The van der Waals surface area contributed by atoms with Crippen LogP contribution >= 0.6 is 0 Å². The fourth-order valence-corrected chi connectivity index (χ4v) is 2.75. The minimum Gasteiger partial charge on any atom is -0.394 e. The fourth-order valence-electron chi connectivity index (χ4n) is 2.75. The van der Waals surface area contributed by atoms with Crippen molar-refractivity contribution >= 4 is 6.03 Å². The second-order valence-electron chi connectivity index (χ2n) is 5.56. The summed E-state index contributed by atoms with van der Waals surface area (Å²) >= 11 is 0. The summed E-state index contributed by atoms with van der Waals surface area (Å²) in [5, 5.41) is 16.4. The number of aliphatic hydroxyl groups is 1. The number of likely N-dealkylation sites (tertiary alicyclic amines) is 1. The van der Waals surface area contributed by atoms with Gasteiger partial charge in [0, 0.05) is 12.7 Å². The monoisotopic (exact) mass is 318 g/mol. The van der Waals surface area contributed by atoms with Crippen molar-refractivity contribution < 1.29 is 14.3 Å². The Morgan fingerprint density at radius 2 is 2.13 bits per heavy atom. The van der Waals surface area contributed by atoms with Crippen LogP contribution in [0.5, 0.6) is 0 Å². The SMILES string of the molecule is O=C(NCc1ccn(-c2ccc(F)cc2)n1)N1CCC[C@H]1CO. The average Bonchev–Trinajstić information content (AvgIpc) is 3.22. The number of urea groups is 1. The van der Waals surface area contributed by atoms with Gasteiger partial charge in [-0.2, -0.15) is 5.10 Å². The van der Waals surface area contributed by atoms with Crippen molar-refractivity contribution in [2.75, 3.05) is 13.2 Å². The van der Waals surface area contributed by atoms with Crippen LogP contribution in [0, 0.1) is 5.82 Å². The van der Waals surface area contributed by atoms with E-state index in [1.54, 1.807) is 34.0 Å². The number of benzene rings is 1. The van der Waals surface area contributed by atoms with Crippen molar-refractivity contribution in [3.8, 4) is 5.69 Å². The van der Waals surface area contributed by atoms with Crippen molar-refractivity contribution in [1.82, 2.24) is 20.0 Å². The molecule has 23 heavy (non-hydrogen) atoms. The first-order valence-corrected chi connectivity index (χ1v) is 7.63. The molecular weight excluding hydrogens is 299 g/mol. The highest BCUT2D eigenvalue weighted by molar-refractivity contribution is 5.74. The second-order valence-corrected chi connectivity index (χ2v) is 5.56. The molecule has 2 N–H and O–H groups in total. The molecule has 0 saturated carbocycles. The summed E-state index contributed by atoms with van der Waals surface area (Å²) in [5.74, 6) is -0.294. The van der Waals surface area contributed by atoms with Crippen LogP contribution in [0.1, 0.15) is 18.5 Å². The van der Waals surface area contributed by atoms with E-state index in [2.05, 4.69) is 10.4 Å². The summed E-state index contributed by atoms with van der Waals surface area (Å²) in [6.45, 7) is 0.968. The summed E-state index contributed by atoms with van der Waals surface area (Å²) in [6.07, 6.45) is 3.52.